The van der Waals surface area contributed by atoms with E-state index in [1.165, 1.54) is 5.52 Å². The molecule has 0 fully saturated rings. The fraction of sp³-hybridized carbons (Fsp3) is 0.240. The first-order valence-electron chi connectivity index (χ1n) is 10.6. The molecule has 4 aromatic rings. The molecule has 160 valence electrons. The SMILES string of the molecule is CCCn1c(CCc2ccc(NS(=O)(=O)c3cccc(C)c3)cc2)nc2ccccc21. The molecule has 5 nitrogen and oxygen atoms in total. The van der Waals surface area contributed by atoms with Gasteiger partial charge < -0.3 is 4.57 Å². The Morgan fingerprint density at radius 1 is 0.935 bits per heavy atom. The second-order valence-corrected chi connectivity index (χ2v) is 9.47. The lowest BCUT2D eigenvalue weighted by Gasteiger charge is -2.10. The van der Waals surface area contributed by atoms with Crippen molar-refractivity contribution in [1.82, 2.24) is 9.55 Å². The van der Waals surface area contributed by atoms with Crippen molar-refractivity contribution < 1.29 is 8.42 Å². The molecule has 0 radical (unpaired) electrons. The lowest BCUT2D eigenvalue weighted by atomic mass is 10.1. The minimum Gasteiger partial charge on any atom is -0.328 e. The molecule has 0 saturated carbocycles. The van der Waals surface area contributed by atoms with Crippen LogP contribution in [0.25, 0.3) is 11.0 Å². The van der Waals surface area contributed by atoms with Gasteiger partial charge in [0, 0.05) is 18.7 Å². The van der Waals surface area contributed by atoms with E-state index in [0.717, 1.165) is 48.3 Å². The maximum Gasteiger partial charge on any atom is 0.261 e. The average Bonchev–Trinajstić information content (AvgIpc) is 3.11. The summed E-state index contributed by atoms with van der Waals surface area (Å²) in [5, 5.41) is 0. The molecule has 0 bridgehead atoms. The van der Waals surface area contributed by atoms with E-state index < -0.39 is 10.0 Å². The Balaban J connectivity index is 1.46. The second kappa shape index (κ2) is 8.94. The summed E-state index contributed by atoms with van der Waals surface area (Å²) in [6, 6.07) is 22.7. The molecule has 0 atom stereocenters. The Kier molecular flexibility index (Phi) is 6.09. The van der Waals surface area contributed by atoms with E-state index in [9.17, 15) is 8.42 Å². The third kappa shape index (κ3) is 4.80. The van der Waals surface area contributed by atoms with E-state index in [1.54, 1.807) is 18.2 Å². The van der Waals surface area contributed by atoms with Gasteiger partial charge in [0.1, 0.15) is 5.82 Å². The number of hydrogen-bond donors (Lipinski definition) is 1. The van der Waals surface area contributed by atoms with E-state index in [2.05, 4.69) is 34.4 Å². The molecule has 31 heavy (non-hydrogen) atoms. The van der Waals surface area contributed by atoms with Gasteiger partial charge in [-0.2, -0.15) is 0 Å². The molecule has 0 aliphatic heterocycles. The predicted molar refractivity (Wildman–Crippen MR) is 126 cm³/mol. The minimum absolute atomic E-state index is 0.270. The molecule has 0 aliphatic carbocycles. The van der Waals surface area contributed by atoms with Crippen LogP contribution in [-0.2, 0) is 29.4 Å². The first-order valence-corrected chi connectivity index (χ1v) is 12.1. The van der Waals surface area contributed by atoms with Crippen molar-refractivity contribution in [2.75, 3.05) is 4.72 Å². The van der Waals surface area contributed by atoms with Crippen LogP contribution in [0.2, 0.25) is 0 Å². The smallest absolute Gasteiger partial charge is 0.261 e. The molecule has 0 unspecified atom stereocenters. The van der Waals surface area contributed by atoms with E-state index in [0.29, 0.717) is 5.69 Å². The van der Waals surface area contributed by atoms with Crippen molar-refractivity contribution >= 4 is 26.7 Å². The second-order valence-electron chi connectivity index (χ2n) is 7.79. The molecule has 4 rings (SSSR count). The summed E-state index contributed by atoms with van der Waals surface area (Å²) in [4.78, 5) is 5.09. The van der Waals surface area contributed by atoms with E-state index in [4.69, 9.17) is 4.98 Å². The molecule has 0 amide bonds. The van der Waals surface area contributed by atoms with Crippen LogP contribution in [0, 0.1) is 6.92 Å². The zero-order chi connectivity index (χ0) is 21.8. The van der Waals surface area contributed by atoms with Crippen LogP contribution in [0.4, 0.5) is 5.69 Å². The Hall–Kier alpha value is -3.12. The number of para-hydroxylation sites is 2. The fourth-order valence-corrected chi connectivity index (χ4v) is 4.94. The van der Waals surface area contributed by atoms with E-state index >= 15 is 0 Å². The summed E-state index contributed by atoms with van der Waals surface area (Å²) in [5.41, 5.74) is 4.83. The normalized spacial score (nSPS) is 11.7. The molecule has 3 aromatic carbocycles. The highest BCUT2D eigenvalue weighted by Crippen LogP contribution is 2.20. The highest BCUT2D eigenvalue weighted by molar-refractivity contribution is 7.92. The van der Waals surface area contributed by atoms with Crippen molar-refractivity contribution in [3.05, 3.63) is 89.7 Å². The van der Waals surface area contributed by atoms with Gasteiger partial charge in [0.25, 0.3) is 10.0 Å². The van der Waals surface area contributed by atoms with Gasteiger partial charge in [0.2, 0.25) is 0 Å². The number of fused-ring (bicyclic) bond motifs is 1. The maximum absolute atomic E-state index is 12.6. The fourth-order valence-electron chi connectivity index (χ4n) is 3.78. The van der Waals surface area contributed by atoms with Crippen molar-refractivity contribution in [3.63, 3.8) is 0 Å². The highest BCUT2D eigenvalue weighted by Gasteiger charge is 2.14. The number of imidazole rings is 1. The molecule has 1 aromatic heterocycles. The monoisotopic (exact) mass is 433 g/mol. The number of aromatic nitrogens is 2. The Morgan fingerprint density at radius 2 is 1.71 bits per heavy atom. The van der Waals surface area contributed by atoms with Gasteiger partial charge in [-0.1, -0.05) is 43.3 Å². The van der Waals surface area contributed by atoms with E-state index in [1.807, 2.05) is 43.3 Å². The summed E-state index contributed by atoms with van der Waals surface area (Å²) < 4.78 is 30.2. The van der Waals surface area contributed by atoms with Gasteiger partial charge >= 0.3 is 0 Å². The van der Waals surface area contributed by atoms with Gasteiger partial charge in [0.15, 0.2) is 0 Å². The van der Waals surface area contributed by atoms with Crippen LogP contribution in [0.1, 0.15) is 30.3 Å². The Morgan fingerprint density at radius 3 is 2.45 bits per heavy atom. The van der Waals surface area contributed by atoms with Crippen LogP contribution in [0.3, 0.4) is 0 Å². The topological polar surface area (TPSA) is 64.0 Å². The van der Waals surface area contributed by atoms with Gasteiger partial charge in [-0.3, -0.25) is 4.72 Å². The van der Waals surface area contributed by atoms with E-state index in [-0.39, 0.29) is 4.90 Å². The van der Waals surface area contributed by atoms with Crippen LogP contribution in [0.5, 0.6) is 0 Å². The van der Waals surface area contributed by atoms with Crippen LogP contribution >= 0.6 is 0 Å². The summed E-state index contributed by atoms with van der Waals surface area (Å²) in [7, 11) is -3.59. The first kappa shape index (κ1) is 21.1. The first-order chi connectivity index (χ1) is 15.0. The standard InChI is InChI=1S/C25H27N3O2S/c1-3-17-28-24-10-5-4-9-23(24)26-25(28)16-13-20-11-14-21(15-12-20)27-31(29,30)22-8-6-7-19(2)18-22/h4-12,14-15,18,27H,3,13,16-17H2,1-2H3. The average molecular weight is 434 g/mol. The molecule has 0 spiro atoms. The van der Waals surface area contributed by atoms with Crippen LogP contribution in [0.15, 0.2) is 77.7 Å². The van der Waals surface area contributed by atoms with Gasteiger partial charge in [-0.15, -0.1) is 0 Å². The van der Waals surface area contributed by atoms with Crippen LogP contribution in [-0.4, -0.2) is 18.0 Å². The quantitative estimate of drug-likeness (QED) is 0.408. The number of rotatable bonds is 8. The van der Waals surface area contributed by atoms with Crippen LogP contribution < -0.4 is 4.72 Å². The van der Waals surface area contributed by atoms with Gasteiger partial charge in [0.05, 0.1) is 15.9 Å². The molecule has 6 heteroatoms. The lowest BCUT2D eigenvalue weighted by Crippen LogP contribution is -2.13. The number of sulfonamides is 1. The molecule has 0 saturated heterocycles. The highest BCUT2D eigenvalue weighted by atomic mass is 32.2. The number of benzene rings is 3. The Bertz CT molecular complexity index is 1290. The number of nitrogens with zero attached hydrogens (tertiary/aromatic N) is 2. The zero-order valence-electron chi connectivity index (χ0n) is 17.9. The lowest BCUT2D eigenvalue weighted by molar-refractivity contribution is 0.601. The van der Waals surface area contributed by atoms with Gasteiger partial charge in [-0.25, -0.2) is 13.4 Å². The Labute approximate surface area is 183 Å². The molecule has 1 N–H and O–H groups in total. The molecule has 0 aliphatic rings. The summed E-state index contributed by atoms with van der Waals surface area (Å²) in [6.07, 6.45) is 2.74. The number of anilines is 1. The molecule has 1 heterocycles. The minimum atomic E-state index is -3.59. The van der Waals surface area contributed by atoms with Crippen molar-refractivity contribution in [1.29, 1.82) is 0 Å². The zero-order valence-corrected chi connectivity index (χ0v) is 18.7. The van der Waals surface area contributed by atoms with Crippen molar-refractivity contribution in [2.45, 2.75) is 44.6 Å². The third-order valence-electron chi connectivity index (χ3n) is 5.32. The van der Waals surface area contributed by atoms with Gasteiger partial charge in [-0.05, 0) is 67.3 Å². The maximum atomic E-state index is 12.6. The molecular formula is C25H27N3O2S. The largest absolute Gasteiger partial charge is 0.328 e. The van der Waals surface area contributed by atoms with Crippen molar-refractivity contribution in [2.24, 2.45) is 0 Å². The van der Waals surface area contributed by atoms with Crippen molar-refractivity contribution in [3.8, 4) is 0 Å². The summed E-state index contributed by atoms with van der Waals surface area (Å²) in [6.45, 7) is 5.01. The number of nitrogens with one attached hydrogen (secondary N) is 1. The molecular weight excluding hydrogens is 406 g/mol. The number of aryl methyl sites for hydroxylation is 4. The number of hydrogen-bond acceptors (Lipinski definition) is 3. The third-order valence-corrected chi connectivity index (χ3v) is 6.70. The summed E-state index contributed by atoms with van der Waals surface area (Å²) >= 11 is 0. The summed E-state index contributed by atoms with van der Waals surface area (Å²) in [5.74, 6) is 1.09. The predicted octanol–water partition coefficient (Wildman–Crippen LogP) is 5.34.